The minimum Gasteiger partial charge on any atom is -0.372 e. The molecule has 2 aromatic rings. The summed E-state index contributed by atoms with van der Waals surface area (Å²) in [6, 6.07) is 15.5. The second kappa shape index (κ2) is 8.43. The maximum Gasteiger partial charge on any atom is 0.264 e. The summed E-state index contributed by atoms with van der Waals surface area (Å²) in [5, 5.41) is 3.99. The fourth-order valence-corrected chi connectivity index (χ4v) is 3.68. The van der Waals surface area contributed by atoms with Gasteiger partial charge < -0.3 is 10.2 Å². The van der Waals surface area contributed by atoms with Crippen molar-refractivity contribution in [1.29, 1.82) is 0 Å². The summed E-state index contributed by atoms with van der Waals surface area (Å²) in [6.07, 6.45) is 1.79. The number of anilines is 1. The average Bonchev–Trinajstić information content (AvgIpc) is 2.98. The lowest BCUT2D eigenvalue weighted by atomic mass is 10.2. The molecule has 1 amide bonds. The number of thioether (sulfide) groups is 1. The zero-order valence-electron chi connectivity index (χ0n) is 14.7. The molecule has 26 heavy (non-hydrogen) atoms. The van der Waals surface area contributed by atoms with Gasteiger partial charge in [-0.05, 0) is 67.6 Å². The van der Waals surface area contributed by atoms with Crippen LogP contribution in [0, 0.1) is 0 Å². The molecule has 0 atom stereocenters. The molecular formula is C20H20ClN3OS. The van der Waals surface area contributed by atoms with Crippen LogP contribution in [0.4, 0.5) is 11.4 Å². The minimum atomic E-state index is -0.159. The minimum absolute atomic E-state index is 0.159. The van der Waals surface area contributed by atoms with E-state index < -0.39 is 0 Å². The molecule has 1 N–H and O–H groups in total. The number of amides is 1. The van der Waals surface area contributed by atoms with Crippen LogP contribution >= 0.6 is 23.4 Å². The van der Waals surface area contributed by atoms with Crippen LogP contribution in [0.3, 0.4) is 0 Å². The molecule has 0 bridgehead atoms. The molecule has 1 fully saturated rings. The molecule has 1 aliphatic heterocycles. The van der Waals surface area contributed by atoms with Gasteiger partial charge in [0.1, 0.15) is 0 Å². The predicted octanol–water partition coefficient (Wildman–Crippen LogP) is 5.08. The van der Waals surface area contributed by atoms with Gasteiger partial charge in [0, 0.05) is 23.8 Å². The first-order valence-electron chi connectivity index (χ1n) is 8.49. The summed E-state index contributed by atoms with van der Waals surface area (Å²) >= 11 is 7.48. The van der Waals surface area contributed by atoms with Crippen molar-refractivity contribution in [3.05, 3.63) is 64.0 Å². The molecular weight excluding hydrogens is 366 g/mol. The number of nitrogens with one attached hydrogen (secondary N) is 1. The summed E-state index contributed by atoms with van der Waals surface area (Å²) in [5.74, 6) is -0.159. The van der Waals surface area contributed by atoms with Crippen molar-refractivity contribution in [3.63, 3.8) is 0 Å². The van der Waals surface area contributed by atoms with Gasteiger partial charge >= 0.3 is 0 Å². The summed E-state index contributed by atoms with van der Waals surface area (Å²) in [4.78, 5) is 19.6. The third-order valence-electron chi connectivity index (χ3n) is 4.05. The van der Waals surface area contributed by atoms with Crippen LogP contribution in [0.5, 0.6) is 0 Å². The summed E-state index contributed by atoms with van der Waals surface area (Å²) in [5.41, 5.74) is 2.79. The molecule has 2 aromatic carbocycles. The Balaban J connectivity index is 1.77. The lowest BCUT2D eigenvalue weighted by Crippen LogP contribution is -2.21. The lowest BCUT2D eigenvalue weighted by Gasteiger charge is -2.20. The number of halogens is 1. The first-order valence-corrected chi connectivity index (χ1v) is 9.69. The number of nitrogens with zero attached hydrogens (tertiary/aromatic N) is 2. The second-order valence-electron chi connectivity index (χ2n) is 5.69. The van der Waals surface area contributed by atoms with Crippen LogP contribution < -0.4 is 10.2 Å². The third-order valence-corrected chi connectivity index (χ3v) is 5.31. The van der Waals surface area contributed by atoms with E-state index >= 15 is 0 Å². The molecule has 3 rings (SSSR count). The molecule has 0 unspecified atom stereocenters. The van der Waals surface area contributed by atoms with E-state index in [1.807, 2.05) is 42.5 Å². The van der Waals surface area contributed by atoms with E-state index in [-0.39, 0.29) is 5.91 Å². The molecule has 0 aliphatic carbocycles. The normalized spacial score (nSPS) is 17.0. The van der Waals surface area contributed by atoms with E-state index in [0.29, 0.717) is 15.1 Å². The monoisotopic (exact) mass is 385 g/mol. The van der Waals surface area contributed by atoms with E-state index in [9.17, 15) is 4.79 Å². The number of carbonyl (C=O) groups is 1. The third kappa shape index (κ3) is 4.29. The average molecular weight is 386 g/mol. The van der Waals surface area contributed by atoms with E-state index in [2.05, 4.69) is 29.1 Å². The number of benzene rings is 2. The molecule has 1 aliphatic rings. The van der Waals surface area contributed by atoms with Gasteiger partial charge in [0.25, 0.3) is 5.91 Å². The Bertz CT molecular complexity index is 858. The van der Waals surface area contributed by atoms with Gasteiger partial charge in [0.15, 0.2) is 5.17 Å². The fourth-order valence-electron chi connectivity index (χ4n) is 2.66. The number of aliphatic imine (C=N–C) groups is 1. The molecule has 0 radical (unpaired) electrons. The van der Waals surface area contributed by atoms with Crippen LogP contribution in [-0.2, 0) is 4.79 Å². The molecule has 1 heterocycles. The maximum atomic E-state index is 12.2. The highest BCUT2D eigenvalue weighted by Crippen LogP contribution is 2.30. The molecule has 0 saturated carbocycles. The Morgan fingerprint density at radius 3 is 2.46 bits per heavy atom. The van der Waals surface area contributed by atoms with Crippen molar-refractivity contribution in [2.75, 3.05) is 18.0 Å². The number of amidine groups is 1. The number of carbonyl (C=O) groups excluding carboxylic acids is 1. The van der Waals surface area contributed by atoms with Gasteiger partial charge in [-0.25, -0.2) is 4.99 Å². The van der Waals surface area contributed by atoms with Crippen LogP contribution in [-0.4, -0.2) is 24.2 Å². The summed E-state index contributed by atoms with van der Waals surface area (Å²) in [7, 11) is 0. The molecule has 0 aromatic heterocycles. The first kappa shape index (κ1) is 18.5. The van der Waals surface area contributed by atoms with Gasteiger partial charge in [0.05, 0.1) is 10.6 Å². The smallest absolute Gasteiger partial charge is 0.264 e. The first-order chi connectivity index (χ1) is 12.6. The van der Waals surface area contributed by atoms with E-state index in [4.69, 9.17) is 11.6 Å². The molecule has 134 valence electrons. The van der Waals surface area contributed by atoms with Crippen molar-refractivity contribution in [1.82, 2.24) is 5.32 Å². The highest BCUT2D eigenvalue weighted by Gasteiger charge is 2.24. The molecule has 0 spiro atoms. The Kier molecular flexibility index (Phi) is 6.01. The molecule has 6 heteroatoms. The highest BCUT2D eigenvalue weighted by atomic mass is 35.5. The van der Waals surface area contributed by atoms with E-state index in [0.717, 1.165) is 24.3 Å². The Morgan fingerprint density at radius 2 is 1.81 bits per heavy atom. The van der Waals surface area contributed by atoms with Gasteiger partial charge in [-0.3, -0.25) is 4.79 Å². The number of rotatable bonds is 5. The molecule has 4 nitrogen and oxygen atoms in total. The fraction of sp³-hybridized carbons (Fsp3) is 0.200. The van der Waals surface area contributed by atoms with E-state index in [1.165, 1.54) is 17.4 Å². The van der Waals surface area contributed by atoms with Crippen LogP contribution in [0.1, 0.15) is 19.4 Å². The van der Waals surface area contributed by atoms with Gasteiger partial charge in [-0.2, -0.15) is 0 Å². The Labute approximate surface area is 163 Å². The van der Waals surface area contributed by atoms with Gasteiger partial charge in [-0.15, -0.1) is 0 Å². The number of hydrogen-bond acceptors (Lipinski definition) is 4. The number of hydrogen-bond donors (Lipinski definition) is 1. The predicted molar refractivity (Wildman–Crippen MR) is 112 cm³/mol. The lowest BCUT2D eigenvalue weighted by molar-refractivity contribution is -0.115. The van der Waals surface area contributed by atoms with E-state index in [1.54, 1.807) is 12.1 Å². The van der Waals surface area contributed by atoms with Crippen LogP contribution in [0.25, 0.3) is 6.08 Å². The van der Waals surface area contributed by atoms with Crippen molar-refractivity contribution in [2.45, 2.75) is 13.8 Å². The second-order valence-corrected chi connectivity index (χ2v) is 7.13. The van der Waals surface area contributed by atoms with Gasteiger partial charge in [0.2, 0.25) is 0 Å². The quantitative estimate of drug-likeness (QED) is 0.730. The summed E-state index contributed by atoms with van der Waals surface area (Å²) in [6.45, 7) is 6.20. The largest absolute Gasteiger partial charge is 0.372 e. The highest BCUT2D eigenvalue weighted by molar-refractivity contribution is 8.18. The van der Waals surface area contributed by atoms with Crippen molar-refractivity contribution in [3.8, 4) is 0 Å². The van der Waals surface area contributed by atoms with Crippen LogP contribution in [0.15, 0.2) is 58.4 Å². The topological polar surface area (TPSA) is 44.7 Å². The SMILES string of the molecule is CCN(CC)c1ccc(N=C2NC(=O)C(=Cc3ccccc3Cl)S2)cc1. The van der Waals surface area contributed by atoms with Crippen molar-refractivity contribution < 1.29 is 4.79 Å². The molecule has 1 saturated heterocycles. The van der Waals surface area contributed by atoms with Crippen molar-refractivity contribution in [2.24, 2.45) is 4.99 Å². The Hall–Kier alpha value is -2.24. The van der Waals surface area contributed by atoms with Crippen molar-refractivity contribution >= 4 is 51.9 Å². The van der Waals surface area contributed by atoms with Crippen LogP contribution in [0.2, 0.25) is 5.02 Å². The maximum absolute atomic E-state index is 12.2. The zero-order chi connectivity index (χ0) is 18.5. The standard InChI is InChI=1S/C20H20ClN3OS/c1-3-24(4-2)16-11-9-15(10-12-16)22-20-23-19(25)18(26-20)13-14-7-5-6-8-17(14)21/h5-13H,3-4H2,1-2H3,(H,22,23,25). The van der Waals surface area contributed by atoms with Gasteiger partial charge in [-0.1, -0.05) is 29.8 Å². The summed E-state index contributed by atoms with van der Waals surface area (Å²) < 4.78 is 0. The Morgan fingerprint density at radius 1 is 1.12 bits per heavy atom. The zero-order valence-corrected chi connectivity index (χ0v) is 16.3.